The molecule has 0 radical (unpaired) electrons. The van der Waals surface area contributed by atoms with Gasteiger partial charge in [0.1, 0.15) is 0 Å². The molecule has 55 heavy (non-hydrogen) atoms. The average molecular weight is 706 g/mol. The molecule has 0 saturated heterocycles. The van der Waals surface area contributed by atoms with Gasteiger partial charge < -0.3 is 0 Å². The molecule has 0 N–H and O–H groups in total. The van der Waals surface area contributed by atoms with Gasteiger partial charge in [-0.1, -0.05) is 127 Å². The van der Waals surface area contributed by atoms with Crippen LogP contribution in [0.5, 0.6) is 0 Å². The predicted molar refractivity (Wildman–Crippen MR) is 225 cm³/mol. The second-order valence-electron chi connectivity index (χ2n) is 14.1. The van der Waals surface area contributed by atoms with Gasteiger partial charge in [-0.05, 0) is 111 Å². The van der Waals surface area contributed by atoms with Crippen molar-refractivity contribution in [3.8, 4) is 67.8 Å². The minimum atomic E-state index is 0.614. The average Bonchev–Trinajstić information content (AvgIpc) is 3.26. The number of allylic oxidation sites excluding steroid dienone is 1. The highest BCUT2D eigenvalue weighted by atomic mass is 15.0. The fourth-order valence-corrected chi connectivity index (χ4v) is 7.81. The first-order valence-corrected chi connectivity index (χ1v) is 18.7. The first-order valence-electron chi connectivity index (χ1n) is 18.7. The van der Waals surface area contributed by atoms with Crippen molar-refractivity contribution in [3.63, 3.8) is 0 Å². The number of nitrogens with zero attached hydrogens (tertiary/aromatic N) is 5. The van der Waals surface area contributed by atoms with Gasteiger partial charge in [0.25, 0.3) is 0 Å². The Kier molecular flexibility index (Phi) is 8.11. The van der Waals surface area contributed by atoms with Gasteiger partial charge in [-0.3, -0.25) is 0 Å². The van der Waals surface area contributed by atoms with Gasteiger partial charge in [-0.15, -0.1) is 0 Å². The topological polar surface area (TPSA) is 64.5 Å². The third kappa shape index (κ3) is 6.16. The van der Waals surface area contributed by atoms with Crippen LogP contribution in [0.3, 0.4) is 0 Å². The van der Waals surface area contributed by atoms with Crippen molar-refractivity contribution in [2.45, 2.75) is 19.8 Å². The van der Waals surface area contributed by atoms with Crippen LogP contribution in [0.25, 0.3) is 95.4 Å². The van der Waals surface area contributed by atoms with Crippen molar-refractivity contribution in [2.24, 2.45) is 0 Å². The molecule has 1 aliphatic rings. The smallest absolute Gasteiger partial charge is 0.164 e. The highest BCUT2D eigenvalue weighted by molar-refractivity contribution is 6.13. The second kappa shape index (κ2) is 13.7. The van der Waals surface area contributed by atoms with Gasteiger partial charge >= 0.3 is 0 Å². The van der Waals surface area contributed by atoms with Crippen molar-refractivity contribution >= 4 is 27.6 Å². The summed E-state index contributed by atoms with van der Waals surface area (Å²) in [5.41, 5.74) is 11.8. The van der Waals surface area contributed by atoms with Crippen molar-refractivity contribution in [2.75, 3.05) is 0 Å². The number of aromatic nitrogens is 5. The van der Waals surface area contributed by atoms with Gasteiger partial charge in [-0.2, -0.15) is 0 Å². The maximum Gasteiger partial charge on any atom is 0.164 e. The lowest BCUT2D eigenvalue weighted by Crippen LogP contribution is -2.00. The Hall–Kier alpha value is -7.11. The third-order valence-corrected chi connectivity index (χ3v) is 10.5. The van der Waals surface area contributed by atoms with E-state index in [1.165, 1.54) is 32.7 Å². The predicted octanol–water partition coefficient (Wildman–Crippen LogP) is 12.2. The summed E-state index contributed by atoms with van der Waals surface area (Å²) < 4.78 is 0. The van der Waals surface area contributed by atoms with Gasteiger partial charge in [-0.25, -0.2) is 24.9 Å². The van der Waals surface area contributed by atoms with E-state index in [0.717, 1.165) is 63.0 Å². The summed E-state index contributed by atoms with van der Waals surface area (Å²) in [6, 6.07) is 53.1. The van der Waals surface area contributed by atoms with Gasteiger partial charge in [0.2, 0.25) is 0 Å². The zero-order chi connectivity index (χ0) is 36.7. The van der Waals surface area contributed by atoms with E-state index in [0.29, 0.717) is 23.3 Å². The molecular formula is C50H35N5. The van der Waals surface area contributed by atoms with Crippen LogP contribution in [0.1, 0.15) is 23.2 Å². The number of hydrogen-bond donors (Lipinski definition) is 0. The Labute approximate surface area is 319 Å². The number of fused-ring (bicyclic) bond motifs is 6. The van der Waals surface area contributed by atoms with E-state index in [-0.39, 0.29) is 0 Å². The summed E-state index contributed by atoms with van der Waals surface area (Å²) in [6.45, 7) is 1.99. The molecule has 0 spiro atoms. The molecule has 0 saturated carbocycles. The van der Waals surface area contributed by atoms with E-state index in [2.05, 4.69) is 102 Å². The molecule has 0 unspecified atom stereocenters. The molecule has 2 heterocycles. The molecule has 2 aromatic heterocycles. The lowest BCUT2D eigenvalue weighted by molar-refractivity contribution is 1.00. The van der Waals surface area contributed by atoms with Crippen molar-refractivity contribution in [1.29, 1.82) is 0 Å². The molecule has 0 fully saturated rings. The van der Waals surface area contributed by atoms with E-state index in [4.69, 9.17) is 19.9 Å². The maximum absolute atomic E-state index is 5.14. The van der Waals surface area contributed by atoms with Crippen LogP contribution in [0.15, 0.2) is 164 Å². The molecule has 1 aliphatic carbocycles. The van der Waals surface area contributed by atoms with E-state index >= 15 is 0 Å². The zero-order valence-corrected chi connectivity index (χ0v) is 30.3. The number of hydrogen-bond acceptors (Lipinski definition) is 5. The molecule has 10 rings (SSSR count). The summed E-state index contributed by atoms with van der Waals surface area (Å²) in [7, 11) is 0. The Balaban J connectivity index is 1.21. The fraction of sp³-hybridized carbons (Fsp3) is 0.0600. The summed E-state index contributed by atoms with van der Waals surface area (Å²) in [5, 5.41) is 5.19. The normalized spacial score (nSPS) is 12.2. The second-order valence-corrected chi connectivity index (χ2v) is 14.1. The van der Waals surface area contributed by atoms with Gasteiger partial charge in [0.05, 0.1) is 0 Å². The zero-order valence-electron chi connectivity index (χ0n) is 30.3. The van der Waals surface area contributed by atoms with Crippen molar-refractivity contribution in [1.82, 2.24) is 24.9 Å². The standard InChI is InChI=1S/C50H35N5/c1-32-25-26-51-47(52-32)37-18-12-17-35(27-37)38-28-39(36-23-24-45-43-21-9-8-19-41(43)42-20-10-11-22-44(42)46(45)31-36)30-40(29-38)50-54-48(33-13-4-2-5-14-33)53-49(55-50)34-15-6-3-7-16-34/h2-10,12-21,23-31H,11,22H2,1H3. The Morgan fingerprint density at radius 1 is 0.400 bits per heavy atom. The van der Waals surface area contributed by atoms with E-state index in [1.807, 2.05) is 79.9 Å². The van der Waals surface area contributed by atoms with Crippen LogP contribution < -0.4 is 0 Å². The van der Waals surface area contributed by atoms with Crippen LogP contribution in [0, 0.1) is 6.92 Å². The molecular weight excluding hydrogens is 671 g/mol. The van der Waals surface area contributed by atoms with Gasteiger partial charge in [0.15, 0.2) is 23.3 Å². The minimum Gasteiger partial charge on any atom is -0.237 e. The van der Waals surface area contributed by atoms with E-state index in [9.17, 15) is 0 Å². The molecule has 9 aromatic rings. The Morgan fingerprint density at radius 3 is 1.67 bits per heavy atom. The molecule has 5 nitrogen and oxygen atoms in total. The van der Waals surface area contributed by atoms with E-state index < -0.39 is 0 Å². The Morgan fingerprint density at radius 2 is 0.964 bits per heavy atom. The minimum absolute atomic E-state index is 0.614. The number of benzene rings is 7. The van der Waals surface area contributed by atoms with Crippen molar-refractivity contribution in [3.05, 3.63) is 181 Å². The lowest BCUT2D eigenvalue weighted by atomic mass is 9.85. The Bertz CT molecular complexity index is 2880. The highest BCUT2D eigenvalue weighted by Gasteiger charge is 2.18. The molecule has 0 atom stereocenters. The largest absolute Gasteiger partial charge is 0.237 e. The quantitative estimate of drug-likeness (QED) is 0.161. The molecule has 0 amide bonds. The third-order valence-electron chi connectivity index (χ3n) is 10.5. The summed E-state index contributed by atoms with van der Waals surface area (Å²) in [5.74, 6) is 2.58. The summed E-state index contributed by atoms with van der Waals surface area (Å²) in [4.78, 5) is 24.6. The molecule has 5 heteroatoms. The lowest BCUT2D eigenvalue weighted by Gasteiger charge is -2.19. The molecule has 7 aromatic carbocycles. The van der Waals surface area contributed by atoms with Crippen LogP contribution in [-0.4, -0.2) is 24.9 Å². The molecule has 0 bridgehead atoms. The van der Waals surface area contributed by atoms with Crippen LogP contribution in [0.4, 0.5) is 0 Å². The van der Waals surface area contributed by atoms with Crippen molar-refractivity contribution < 1.29 is 0 Å². The SMILES string of the molecule is Cc1ccnc(-c2cccc(-c3cc(-c4ccc5c(c4)c4c(c6ccccc65)C=CCC4)cc(-c4nc(-c5ccccc5)nc(-c5ccccc5)n4)c3)c2)n1. The first-order chi connectivity index (χ1) is 27.1. The van der Waals surface area contributed by atoms with Crippen LogP contribution in [-0.2, 0) is 6.42 Å². The van der Waals surface area contributed by atoms with Crippen LogP contribution in [0.2, 0.25) is 0 Å². The van der Waals surface area contributed by atoms with Crippen LogP contribution >= 0.6 is 0 Å². The van der Waals surface area contributed by atoms with E-state index in [1.54, 1.807) is 0 Å². The summed E-state index contributed by atoms with van der Waals surface area (Å²) in [6.07, 6.45) is 8.49. The fourth-order valence-electron chi connectivity index (χ4n) is 7.81. The highest BCUT2D eigenvalue weighted by Crippen LogP contribution is 2.40. The van der Waals surface area contributed by atoms with Gasteiger partial charge in [0, 0.05) is 34.1 Å². The monoisotopic (exact) mass is 705 g/mol. The maximum atomic E-state index is 5.14. The summed E-state index contributed by atoms with van der Waals surface area (Å²) >= 11 is 0. The number of aryl methyl sites for hydroxylation is 2. The first kappa shape index (κ1) is 32.5. The molecule has 0 aliphatic heterocycles. The molecule has 260 valence electrons. The number of rotatable bonds is 6.